The number of ketones is 1. The van der Waals surface area contributed by atoms with Crippen LogP contribution in [0.25, 0.3) is 0 Å². The predicted molar refractivity (Wildman–Crippen MR) is 74.1 cm³/mol. The first kappa shape index (κ1) is 19.6. The third kappa shape index (κ3) is 6.66. The fourth-order valence-corrected chi connectivity index (χ4v) is 2.16. The molecule has 5 nitrogen and oxygen atoms in total. The number of aryl methyl sites for hydroxylation is 1. The molecule has 1 aromatic rings. The lowest BCUT2D eigenvalue weighted by atomic mass is 9.88. The first-order chi connectivity index (χ1) is 10.5. The van der Waals surface area contributed by atoms with E-state index in [1.807, 2.05) is 0 Å². The lowest BCUT2D eigenvalue weighted by Crippen LogP contribution is -2.40. The number of carbonyl (C=O) groups is 1. The maximum Gasteiger partial charge on any atom is 0.485 e. The first-order valence-corrected chi connectivity index (χ1v) is 8.42. The van der Waals surface area contributed by atoms with Crippen molar-refractivity contribution in [2.45, 2.75) is 44.7 Å². The zero-order chi connectivity index (χ0) is 17.7. The van der Waals surface area contributed by atoms with E-state index >= 15 is 0 Å². The van der Waals surface area contributed by atoms with Gasteiger partial charge in [-0.15, -0.1) is 0 Å². The van der Waals surface area contributed by atoms with Gasteiger partial charge in [0.1, 0.15) is 5.78 Å². The van der Waals surface area contributed by atoms with Crippen LogP contribution in [0.4, 0.5) is 13.2 Å². The highest BCUT2D eigenvalue weighted by atomic mass is 32.2. The summed E-state index contributed by atoms with van der Waals surface area (Å²) in [6, 6.07) is 4.18. The van der Waals surface area contributed by atoms with Crippen LogP contribution in [-0.4, -0.2) is 24.3 Å². The Morgan fingerprint density at radius 3 is 2.22 bits per heavy atom. The van der Waals surface area contributed by atoms with Crippen molar-refractivity contribution in [2.75, 3.05) is 0 Å². The number of nitrogens with zero attached hydrogens (tertiary/aromatic N) is 1. The van der Waals surface area contributed by atoms with Crippen molar-refractivity contribution in [2.24, 2.45) is 5.92 Å². The molecule has 0 spiro atoms. The molecule has 1 aliphatic carbocycles. The summed E-state index contributed by atoms with van der Waals surface area (Å²) in [5.74, 6) is 0.709. The number of rotatable bonds is 2. The number of alkyl halides is 3. The third-order valence-corrected chi connectivity index (χ3v) is 4.02. The van der Waals surface area contributed by atoms with Gasteiger partial charge in [0, 0.05) is 18.6 Å². The Hall–Kier alpha value is -1.48. The second-order valence-electron chi connectivity index (χ2n) is 5.38. The van der Waals surface area contributed by atoms with Gasteiger partial charge >= 0.3 is 5.51 Å². The van der Waals surface area contributed by atoms with Crippen LogP contribution < -0.4 is 4.57 Å². The van der Waals surface area contributed by atoms with E-state index in [9.17, 15) is 18.0 Å². The highest BCUT2D eigenvalue weighted by Crippen LogP contribution is 2.21. The molecule has 0 aliphatic heterocycles. The van der Waals surface area contributed by atoms with Gasteiger partial charge in [0.2, 0.25) is 0 Å². The zero-order valence-corrected chi connectivity index (χ0v) is 13.4. The molecule has 1 aromatic heterocycles. The normalized spacial score (nSPS) is 19.0. The van der Waals surface area contributed by atoms with Crippen molar-refractivity contribution in [3.05, 3.63) is 30.1 Å². The minimum absolute atomic E-state index is 0.256. The van der Waals surface area contributed by atoms with Gasteiger partial charge in [-0.1, -0.05) is 6.42 Å². The van der Waals surface area contributed by atoms with Crippen LogP contribution >= 0.6 is 0 Å². The van der Waals surface area contributed by atoms with Crippen molar-refractivity contribution in [3.63, 3.8) is 0 Å². The molecule has 1 aliphatic rings. The number of halogens is 3. The fourth-order valence-electron chi connectivity index (χ4n) is 2.16. The number of hydrogen-bond donors (Lipinski definition) is 0. The molecular weight excluding hydrogens is 335 g/mol. The molecule has 1 unspecified atom stereocenters. The topological polar surface area (TPSA) is 78.1 Å². The smallest absolute Gasteiger partial charge is 0.485 e. The molecule has 1 atom stereocenters. The van der Waals surface area contributed by atoms with E-state index in [1.165, 1.54) is 12.0 Å². The van der Waals surface area contributed by atoms with Crippen LogP contribution in [0.5, 0.6) is 0 Å². The molecule has 2 rings (SSSR count). The minimum Gasteiger partial charge on any atom is -0.741 e. The van der Waals surface area contributed by atoms with Gasteiger partial charge in [0.05, 0.1) is 5.92 Å². The average Bonchev–Trinajstić information content (AvgIpc) is 2.42. The molecular formula is C14H18F3NO4S. The molecule has 0 aromatic carbocycles. The Kier molecular flexibility index (Phi) is 6.69. The van der Waals surface area contributed by atoms with Crippen LogP contribution in [0.1, 0.15) is 31.2 Å². The SMILES string of the molecule is Cc1cc[n+](CC2CCCCC2=O)cc1.O=S(=O)([O-])C(F)(F)F. The number of carbonyl (C=O) groups excluding carboxylic acids is 1. The zero-order valence-electron chi connectivity index (χ0n) is 12.5. The highest BCUT2D eigenvalue weighted by Gasteiger charge is 2.36. The van der Waals surface area contributed by atoms with E-state index in [0.717, 1.165) is 25.8 Å². The van der Waals surface area contributed by atoms with E-state index in [0.29, 0.717) is 5.78 Å². The summed E-state index contributed by atoms with van der Waals surface area (Å²) >= 11 is 0. The summed E-state index contributed by atoms with van der Waals surface area (Å²) in [6.45, 7) is 2.94. The first-order valence-electron chi connectivity index (χ1n) is 7.01. The fraction of sp³-hybridized carbons (Fsp3) is 0.571. The van der Waals surface area contributed by atoms with Crippen molar-refractivity contribution in [1.29, 1.82) is 0 Å². The van der Waals surface area contributed by atoms with Gasteiger partial charge in [-0.05, 0) is 25.3 Å². The van der Waals surface area contributed by atoms with Crippen LogP contribution in [0.3, 0.4) is 0 Å². The number of aromatic nitrogens is 1. The van der Waals surface area contributed by atoms with Crippen LogP contribution in [0, 0.1) is 12.8 Å². The second-order valence-corrected chi connectivity index (χ2v) is 6.75. The molecule has 130 valence electrons. The Bertz CT molecular complexity index is 626. The van der Waals surface area contributed by atoms with Gasteiger partial charge in [-0.2, -0.15) is 13.2 Å². The Morgan fingerprint density at radius 1 is 1.26 bits per heavy atom. The maximum atomic E-state index is 11.7. The molecule has 1 saturated carbocycles. The number of hydrogen-bond acceptors (Lipinski definition) is 4. The summed E-state index contributed by atoms with van der Waals surface area (Å²) in [5.41, 5.74) is -4.38. The van der Waals surface area contributed by atoms with E-state index in [-0.39, 0.29) is 5.92 Å². The Morgan fingerprint density at radius 2 is 1.78 bits per heavy atom. The third-order valence-electron chi connectivity index (χ3n) is 3.45. The summed E-state index contributed by atoms with van der Waals surface area (Å²) in [7, 11) is -6.09. The number of Topliss-reactive ketones (excluding diaryl/α,β-unsaturated/α-hetero) is 1. The lowest BCUT2D eigenvalue weighted by molar-refractivity contribution is -0.701. The van der Waals surface area contributed by atoms with E-state index in [2.05, 4.69) is 36.0 Å². The molecule has 1 fully saturated rings. The second kappa shape index (κ2) is 7.87. The molecule has 0 N–H and O–H groups in total. The van der Waals surface area contributed by atoms with E-state index in [1.54, 1.807) is 0 Å². The van der Waals surface area contributed by atoms with Gasteiger partial charge in [0.15, 0.2) is 29.1 Å². The summed E-state index contributed by atoms with van der Waals surface area (Å²) in [4.78, 5) is 11.7. The standard InChI is InChI=1S/C13H18NO.CHF3O3S/c1-11-6-8-14(9-7-11)10-12-4-2-3-5-13(12)15;2-1(3,4)8(5,6)7/h6-9,12H,2-5,10H2,1H3;(H,5,6,7)/q+1;/p-1. The monoisotopic (exact) mass is 353 g/mol. The Labute approximate surface area is 132 Å². The molecule has 1 heterocycles. The van der Waals surface area contributed by atoms with Gasteiger partial charge in [-0.25, -0.2) is 13.0 Å². The van der Waals surface area contributed by atoms with Gasteiger partial charge in [-0.3, -0.25) is 4.79 Å². The molecule has 0 saturated heterocycles. The molecule has 23 heavy (non-hydrogen) atoms. The van der Waals surface area contributed by atoms with Crippen LogP contribution in [0.15, 0.2) is 24.5 Å². The Balaban J connectivity index is 0.000000284. The molecule has 0 radical (unpaired) electrons. The molecule has 0 amide bonds. The molecule has 0 bridgehead atoms. The highest BCUT2D eigenvalue weighted by molar-refractivity contribution is 7.86. The quantitative estimate of drug-likeness (QED) is 0.463. The average molecular weight is 353 g/mol. The summed E-state index contributed by atoms with van der Waals surface area (Å²) in [5, 5.41) is 0. The maximum absolute atomic E-state index is 11.7. The van der Waals surface area contributed by atoms with Crippen molar-refractivity contribution >= 4 is 15.9 Å². The van der Waals surface area contributed by atoms with Crippen molar-refractivity contribution < 1.29 is 35.5 Å². The molecule has 9 heteroatoms. The van der Waals surface area contributed by atoms with Gasteiger partial charge in [0.25, 0.3) is 0 Å². The van der Waals surface area contributed by atoms with Crippen molar-refractivity contribution in [1.82, 2.24) is 0 Å². The summed E-state index contributed by atoms with van der Waals surface area (Å²) in [6.07, 6.45) is 8.29. The summed E-state index contributed by atoms with van der Waals surface area (Å²) < 4.78 is 61.0. The van der Waals surface area contributed by atoms with E-state index < -0.39 is 15.6 Å². The predicted octanol–water partition coefficient (Wildman–Crippen LogP) is 2.09. The number of pyridine rings is 1. The van der Waals surface area contributed by atoms with Crippen LogP contribution in [0.2, 0.25) is 0 Å². The lowest BCUT2D eigenvalue weighted by Gasteiger charge is -2.17. The minimum atomic E-state index is -6.09. The van der Waals surface area contributed by atoms with Gasteiger partial charge < -0.3 is 4.55 Å². The van der Waals surface area contributed by atoms with E-state index in [4.69, 9.17) is 13.0 Å². The largest absolute Gasteiger partial charge is 0.741 e. The van der Waals surface area contributed by atoms with Crippen molar-refractivity contribution in [3.8, 4) is 0 Å². The van der Waals surface area contributed by atoms with Crippen LogP contribution in [-0.2, 0) is 21.5 Å².